The standard InChI is InChI=1S/C17H22N6O/c1-21-9-2-4-14(21)15-5-3-10-23(15)17(24)13-6-7-16(20-19-13)22-11-8-18-12-22/h6-8,11-12,14-15H,2-5,9-10H2,1H3. The lowest BCUT2D eigenvalue weighted by Crippen LogP contribution is -2.47. The van der Waals surface area contributed by atoms with Crippen molar-refractivity contribution in [3.8, 4) is 5.82 Å². The van der Waals surface area contributed by atoms with E-state index in [1.165, 1.54) is 12.8 Å². The van der Waals surface area contributed by atoms with Crippen LogP contribution < -0.4 is 0 Å². The third-order valence-corrected chi connectivity index (χ3v) is 5.22. The fraction of sp³-hybridized carbons (Fsp3) is 0.529. The highest BCUT2D eigenvalue weighted by Crippen LogP contribution is 2.29. The van der Waals surface area contributed by atoms with Gasteiger partial charge in [-0.25, -0.2) is 4.98 Å². The number of hydrogen-bond acceptors (Lipinski definition) is 5. The number of carbonyl (C=O) groups is 1. The van der Waals surface area contributed by atoms with Gasteiger partial charge in [0.1, 0.15) is 6.33 Å². The molecule has 2 fully saturated rings. The number of amides is 1. The van der Waals surface area contributed by atoms with Crippen molar-refractivity contribution in [3.05, 3.63) is 36.5 Å². The van der Waals surface area contributed by atoms with Gasteiger partial charge in [-0.1, -0.05) is 0 Å². The van der Waals surface area contributed by atoms with Crippen LogP contribution in [-0.4, -0.2) is 67.7 Å². The Morgan fingerprint density at radius 2 is 1.96 bits per heavy atom. The Labute approximate surface area is 141 Å². The molecule has 126 valence electrons. The van der Waals surface area contributed by atoms with Gasteiger partial charge in [0, 0.05) is 31.0 Å². The molecule has 7 nitrogen and oxygen atoms in total. The minimum atomic E-state index is 0.00230. The summed E-state index contributed by atoms with van der Waals surface area (Å²) < 4.78 is 1.77. The molecule has 2 saturated heterocycles. The SMILES string of the molecule is CN1CCCC1C1CCCN1C(=O)c1ccc(-n2ccnc2)nn1. The van der Waals surface area contributed by atoms with E-state index < -0.39 is 0 Å². The number of likely N-dealkylation sites (N-methyl/N-ethyl adjacent to an activating group) is 1. The first-order valence-electron chi connectivity index (χ1n) is 8.57. The third kappa shape index (κ3) is 2.69. The first kappa shape index (κ1) is 15.3. The Bertz CT molecular complexity index is 698. The van der Waals surface area contributed by atoms with Gasteiger partial charge in [0.15, 0.2) is 11.5 Å². The molecule has 2 aromatic rings. The van der Waals surface area contributed by atoms with Gasteiger partial charge in [-0.3, -0.25) is 9.36 Å². The second-order valence-corrected chi connectivity index (χ2v) is 6.65. The zero-order valence-corrected chi connectivity index (χ0v) is 13.9. The highest BCUT2D eigenvalue weighted by Gasteiger charge is 2.39. The van der Waals surface area contributed by atoms with Crippen LogP contribution >= 0.6 is 0 Å². The molecule has 2 aliphatic rings. The lowest BCUT2D eigenvalue weighted by Gasteiger charge is -2.33. The molecule has 0 radical (unpaired) electrons. The molecular weight excluding hydrogens is 304 g/mol. The van der Waals surface area contributed by atoms with E-state index in [1.807, 2.05) is 11.0 Å². The maximum atomic E-state index is 12.9. The number of imidazole rings is 1. The summed E-state index contributed by atoms with van der Waals surface area (Å²) in [6.07, 6.45) is 9.71. The Kier molecular flexibility index (Phi) is 4.02. The quantitative estimate of drug-likeness (QED) is 0.852. The molecule has 2 aliphatic heterocycles. The average Bonchev–Trinajstić information content (AvgIpc) is 3.35. The molecule has 7 heteroatoms. The highest BCUT2D eigenvalue weighted by molar-refractivity contribution is 5.92. The van der Waals surface area contributed by atoms with Crippen molar-refractivity contribution in [3.63, 3.8) is 0 Å². The van der Waals surface area contributed by atoms with E-state index in [9.17, 15) is 4.79 Å². The molecule has 1 amide bonds. The summed E-state index contributed by atoms with van der Waals surface area (Å²) in [5, 5.41) is 8.32. The van der Waals surface area contributed by atoms with Gasteiger partial charge in [0.25, 0.3) is 5.91 Å². The van der Waals surface area contributed by atoms with Crippen LogP contribution in [0.1, 0.15) is 36.2 Å². The summed E-state index contributed by atoms with van der Waals surface area (Å²) in [5.74, 6) is 0.667. The minimum absolute atomic E-state index is 0.00230. The van der Waals surface area contributed by atoms with Crippen LogP contribution in [0.4, 0.5) is 0 Å². The van der Waals surface area contributed by atoms with Crippen molar-refractivity contribution in [2.24, 2.45) is 0 Å². The number of likely N-dealkylation sites (tertiary alicyclic amines) is 2. The lowest BCUT2D eigenvalue weighted by atomic mass is 10.0. The maximum Gasteiger partial charge on any atom is 0.274 e. The summed E-state index contributed by atoms with van der Waals surface area (Å²) in [5.41, 5.74) is 0.423. The molecule has 2 aromatic heterocycles. The second kappa shape index (κ2) is 6.32. The summed E-state index contributed by atoms with van der Waals surface area (Å²) in [4.78, 5) is 21.3. The van der Waals surface area contributed by atoms with Gasteiger partial charge in [-0.15, -0.1) is 10.2 Å². The van der Waals surface area contributed by atoms with Crippen LogP contribution in [0.15, 0.2) is 30.9 Å². The van der Waals surface area contributed by atoms with E-state index >= 15 is 0 Å². The van der Waals surface area contributed by atoms with E-state index in [4.69, 9.17) is 0 Å². The number of hydrogen-bond donors (Lipinski definition) is 0. The van der Waals surface area contributed by atoms with Gasteiger partial charge in [-0.2, -0.15) is 0 Å². The molecule has 0 spiro atoms. The van der Waals surface area contributed by atoms with Crippen molar-refractivity contribution >= 4 is 5.91 Å². The van der Waals surface area contributed by atoms with Gasteiger partial charge < -0.3 is 9.80 Å². The van der Waals surface area contributed by atoms with Crippen molar-refractivity contribution in [2.45, 2.75) is 37.8 Å². The zero-order chi connectivity index (χ0) is 16.5. The van der Waals surface area contributed by atoms with Gasteiger partial charge in [-0.05, 0) is 51.4 Å². The van der Waals surface area contributed by atoms with Crippen molar-refractivity contribution in [1.82, 2.24) is 29.5 Å². The number of rotatable bonds is 3. The molecule has 2 unspecified atom stereocenters. The smallest absolute Gasteiger partial charge is 0.274 e. The highest BCUT2D eigenvalue weighted by atomic mass is 16.2. The van der Waals surface area contributed by atoms with Crippen LogP contribution in [0.3, 0.4) is 0 Å². The van der Waals surface area contributed by atoms with Gasteiger partial charge >= 0.3 is 0 Å². The summed E-state index contributed by atoms with van der Waals surface area (Å²) >= 11 is 0. The van der Waals surface area contributed by atoms with E-state index in [0.717, 1.165) is 25.9 Å². The molecule has 0 saturated carbocycles. The number of aromatic nitrogens is 4. The first-order valence-corrected chi connectivity index (χ1v) is 8.57. The fourth-order valence-electron chi connectivity index (χ4n) is 3.99. The Morgan fingerprint density at radius 3 is 2.62 bits per heavy atom. The van der Waals surface area contributed by atoms with Gasteiger partial charge in [0.2, 0.25) is 0 Å². The minimum Gasteiger partial charge on any atom is -0.333 e. The normalized spacial score (nSPS) is 24.6. The molecule has 0 N–H and O–H groups in total. The first-order chi connectivity index (χ1) is 11.7. The topological polar surface area (TPSA) is 67.2 Å². The number of carbonyl (C=O) groups excluding carboxylic acids is 1. The van der Waals surface area contributed by atoms with Crippen molar-refractivity contribution in [2.75, 3.05) is 20.1 Å². The van der Waals surface area contributed by atoms with Crippen LogP contribution in [0, 0.1) is 0 Å². The fourth-order valence-corrected chi connectivity index (χ4v) is 3.99. The molecule has 0 bridgehead atoms. The molecule has 2 atom stereocenters. The molecule has 24 heavy (non-hydrogen) atoms. The lowest BCUT2D eigenvalue weighted by molar-refractivity contribution is 0.0657. The molecule has 0 aromatic carbocycles. The molecule has 0 aliphatic carbocycles. The van der Waals surface area contributed by atoms with E-state index in [2.05, 4.69) is 27.1 Å². The second-order valence-electron chi connectivity index (χ2n) is 6.65. The largest absolute Gasteiger partial charge is 0.333 e. The third-order valence-electron chi connectivity index (χ3n) is 5.22. The van der Waals surface area contributed by atoms with Crippen LogP contribution in [0.5, 0.6) is 0 Å². The number of nitrogens with zero attached hydrogens (tertiary/aromatic N) is 6. The molecular formula is C17H22N6O. The Morgan fingerprint density at radius 1 is 1.12 bits per heavy atom. The van der Waals surface area contributed by atoms with Crippen molar-refractivity contribution < 1.29 is 4.79 Å². The zero-order valence-electron chi connectivity index (χ0n) is 13.9. The summed E-state index contributed by atoms with van der Waals surface area (Å²) in [6, 6.07) is 4.36. The van der Waals surface area contributed by atoms with Crippen LogP contribution in [-0.2, 0) is 0 Å². The molecule has 4 rings (SSSR count). The van der Waals surface area contributed by atoms with E-state index in [-0.39, 0.29) is 5.91 Å². The maximum absolute atomic E-state index is 12.9. The predicted octanol–water partition coefficient (Wildman–Crippen LogP) is 1.36. The average molecular weight is 326 g/mol. The molecule has 4 heterocycles. The van der Waals surface area contributed by atoms with E-state index in [1.54, 1.807) is 29.4 Å². The Balaban J connectivity index is 1.52. The van der Waals surface area contributed by atoms with E-state index in [0.29, 0.717) is 23.6 Å². The van der Waals surface area contributed by atoms with Crippen molar-refractivity contribution in [1.29, 1.82) is 0 Å². The van der Waals surface area contributed by atoms with Gasteiger partial charge in [0.05, 0.1) is 0 Å². The summed E-state index contributed by atoms with van der Waals surface area (Å²) in [7, 11) is 2.17. The summed E-state index contributed by atoms with van der Waals surface area (Å²) in [6.45, 7) is 1.95. The predicted molar refractivity (Wildman–Crippen MR) is 88.9 cm³/mol. The monoisotopic (exact) mass is 326 g/mol. The van der Waals surface area contributed by atoms with Crippen LogP contribution in [0.2, 0.25) is 0 Å². The van der Waals surface area contributed by atoms with Crippen LogP contribution in [0.25, 0.3) is 5.82 Å². The Hall–Kier alpha value is -2.28.